The Labute approximate surface area is 89.9 Å². The molecule has 15 heavy (non-hydrogen) atoms. The molecular weight excluding hydrogens is 192 g/mol. The quantitative estimate of drug-likeness (QED) is 0.536. The molecule has 0 aliphatic heterocycles. The predicted molar refractivity (Wildman–Crippen MR) is 57.8 cm³/mol. The third-order valence-corrected chi connectivity index (χ3v) is 2.12. The zero-order valence-electron chi connectivity index (χ0n) is 9.36. The van der Waals surface area contributed by atoms with Crippen molar-refractivity contribution in [1.29, 1.82) is 0 Å². The molecule has 1 heterocycles. The second-order valence-corrected chi connectivity index (χ2v) is 3.37. The van der Waals surface area contributed by atoms with Crippen LogP contribution in [0.1, 0.15) is 37.2 Å². The molecule has 0 fully saturated rings. The maximum Gasteiger partial charge on any atom is 0.183 e. The van der Waals surface area contributed by atoms with Crippen molar-refractivity contribution in [2.45, 2.75) is 33.2 Å². The lowest BCUT2D eigenvalue weighted by atomic mass is 10.2. The minimum atomic E-state index is 0.106. The predicted octanol–water partition coefficient (Wildman–Crippen LogP) is 0.870. The normalized spacial score (nSPS) is 10.5. The summed E-state index contributed by atoms with van der Waals surface area (Å²) in [7, 11) is 0. The Bertz CT molecular complexity index is 308. The topological polar surface area (TPSA) is 59.8 Å². The van der Waals surface area contributed by atoms with Gasteiger partial charge < -0.3 is 5.32 Å². The molecule has 0 saturated carbocycles. The summed E-state index contributed by atoms with van der Waals surface area (Å²) in [6.07, 6.45) is 3.01. The van der Waals surface area contributed by atoms with Crippen molar-refractivity contribution in [3.05, 3.63) is 11.9 Å². The van der Waals surface area contributed by atoms with Gasteiger partial charge in [-0.05, 0) is 13.0 Å². The average molecular weight is 210 g/mol. The minimum absolute atomic E-state index is 0.106. The Balaban J connectivity index is 2.53. The van der Waals surface area contributed by atoms with Gasteiger partial charge in [-0.15, -0.1) is 5.10 Å². The number of Topliss-reactive ketones (excluding diaryl/α,β-unsaturated/α-hetero) is 1. The van der Waals surface area contributed by atoms with Crippen molar-refractivity contribution >= 4 is 5.78 Å². The van der Waals surface area contributed by atoms with Crippen molar-refractivity contribution < 1.29 is 4.79 Å². The molecule has 0 atom stereocenters. The van der Waals surface area contributed by atoms with E-state index >= 15 is 0 Å². The number of aryl methyl sites for hydroxylation is 1. The second-order valence-electron chi connectivity index (χ2n) is 3.37. The van der Waals surface area contributed by atoms with Gasteiger partial charge in [0.1, 0.15) is 5.69 Å². The fourth-order valence-corrected chi connectivity index (χ4v) is 1.36. The van der Waals surface area contributed by atoms with Crippen LogP contribution in [0.15, 0.2) is 6.20 Å². The molecule has 0 aromatic carbocycles. The van der Waals surface area contributed by atoms with Crippen molar-refractivity contribution in [2.24, 2.45) is 0 Å². The zero-order valence-corrected chi connectivity index (χ0v) is 9.36. The van der Waals surface area contributed by atoms with Crippen LogP contribution in [0.3, 0.4) is 0 Å². The molecule has 1 aromatic heterocycles. The van der Waals surface area contributed by atoms with Gasteiger partial charge in [0.05, 0.1) is 6.20 Å². The Morgan fingerprint density at radius 3 is 3.00 bits per heavy atom. The van der Waals surface area contributed by atoms with Gasteiger partial charge in [-0.1, -0.05) is 19.1 Å². The second kappa shape index (κ2) is 6.29. The summed E-state index contributed by atoms with van der Waals surface area (Å²) in [4.78, 5) is 11.7. The van der Waals surface area contributed by atoms with Crippen LogP contribution in [0.2, 0.25) is 0 Å². The van der Waals surface area contributed by atoms with E-state index in [1.54, 1.807) is 10.9 Å². The van der Waals surface area contributed by atoms with E-state index in [2.05, 4.69) is 22.6 Å². The highest BCUT2D eigenvalue weighted by molar-refractivity contribution is 5.94. The molecule has 0 radical (unpaired) electrons. The number of rotatable bonds is 7. The van der Waals surface area contributed by atoms with Crippen LogP contribution in [-0.4, -0.2) is 33.9 Å². The molecule has 5 nitrogen and oxygen atoms in total. The van der Waals surface area contributed by atoms with E-state index in [1.165, 1.54) is 0 Å². The van der Waals surface area contributed by atoms with Crippen LogP contribution < -0.4 is 5.32 Å². The molecule has 1 aromatic rings. The number of hydrogen-bond acceptors (Lipinski definition) is 4. The number of nitrogens with one attached hydrogen (secondary N) is 1. The molecule has 1 N–H and O–H groups in total. The zero-order chi connectivity index (χ0) is 11.1. The van der Waals surface area contributed by atoms with Gasteiger partial charge in [-0.25, -0.2) is 4.68 Å². The number of nitrogens with zero attached hydrogens (tertiary/aromatic N) is 3. The van der Waals surface area contributed by atoms with E-state index in [-0.39, 0.29) is 5.78 Å². The van der Waals surface area contributed by atoms with E-state index in [0.717, 1.165) is 19.5 Å². The number of aromatic nitrogens is 3. The molecule has 1 rings (SSSR count). The molecule has 0 bridgehead atoms. The number of carbonyl (C=O) groups excluding carboxylic acids is 1. The first-order chi connectivity index (χ1) is 7.29. The van der Waals surface area contributed by atoms with Gasteiger partial charge >= 0.3 is 0 Å². The highest BCUT2D eigenvalue weighted by atomic mass is 16.1. The van der Waals surface area contributed by atoms with Crippen molar-refractivity contribution in [3.8, 4) is 0 Å². The fraction of sp³-hybridized carbons (Fsp3) is 0.700. The van der Waals surface area contributed by atoms with Crippen LogP contribution in [-0.2, 0) is 6.54 Å². The fourth-order valence-electron chi connectivity index (χ4n) is 1.36. The first-order valence-corrected chi connectivity index (χ1v) is 5.42. The van der Waals surface area contributed by atoms with Crippen LogP contribution in [0.25, 0.3) is 0 Å². The Morgan fingerprint density at radius 2 is 2.33 bits per heavy atom. The number of ketones is 1. The van der Waals surface area contributed by atoms with Gasteiger partial charge in [0.15, 0.2) is 5.78 Å². The lowest BCUT2D eigenvalue weighted by Crippen LogP contribution is -2.19. The molecule has 84 valence electrons. The summed E-state index contributed by atoms with van der Waals surface area (Å²) >= 11 is 0. The molecular formula is C10H18N4O. The number of carbonyl (C=O) groups is 1. The maximum absolute atomic E-state index is 11.7. The van der Waals surface area contributed by atoms with E-state index in [4.69, 9.17) is 0 Å². The lowest BCUT2D eigenvalue weighted by molar-refractivity contribution is 0.0972. The maximum atomic E-state index is 11.7. The molecule has 0 unspecified atom stereocenters. The minimum Gasteiger partial charge on any atom is -0.317 e. The first kappa shape index (κ1) is 11.8. The van der Waals surface area contributed by atoms with Crippen molar-refractivity contribution in [2.75, 3.05) is 13.1 Å². The van der Waals surface area contributed by atoms with Gasteiger partial charge in [-0.3, -0.25) is 4.79 Å². The third kappa shape index (κ3) is 3.43. The monoisotopic (exact) mass is 210 g/mol. The van der Waals surface area contributed by atoms with Gasteiger partial charge in [0, 0.05) is 19.5 Å². The van der Waals surface area contributed by atoms with Gasteiger partial charge in [0.2, 0.25) is 0 Å². The van der Waals surface area contributed by atoms with E-state index in [0.29, 0.717) is 18.7 Å². The SMILES string of the molecule is CCCn1nncc1C(=O)CCNCC. The van der Waals surface area contributed by atoms with Gasteiger partial charge in [-0.2, -0.15) is 0 Å². The molecule has 0 aliphatic carbocycles. The largest absolute Gasteiger partial charge is 0.317 e. The third-order valence-electron chi connectivity index (χ3n) is 2.12. The Kier molecular flexibility index (Phi) is 4.97. The van der Waals surface area contributed by atoms with Crippen LogP contribution in [0.4, 0.5) is 0 Å². The summed E-state index contributed by atoms with van der Waals surface area (Å²) in [6.45, 7) is 6.43. The average Bonchev–Trinajstić information content (AvgIpc) is 2.67. The van der Waals surface area contributed by atoms with Crippen LogP contribution in [0.5, 0.6) is 0 Å². The summed E-state index contributed by atoms with van der Waals surface area (Å²) in [5.74, 6) is 0.106. The molecule has 0 aliphatic rings. The molecule has 5 heteroatoms. The Hall–Kier alpha value is -1.23. The molecule has 0 spiro atoms. The first-order valence-electron chi connectivity index (χ1n) is 5.42. The van der Waals surface area contributed by atoms with Gasteiger partial charge in [0.25, 0.3) is 0 Å². The smallest absolute Gasteiger partial charge is 0.183 e. The Morgan fingerprint density at radius 1 is 1.53 bits per heavy atom. The van der Waals surface area contributed by atoms with Crippen LogP contribution >= 0.6 is 0 Å². The van der Waals surface area contributed by atoms with E-state index in [9.17, 15) is 4.79 Å². The summed E-state index contributed by atoms with van der Waals surface area (Å²) in [5.41, 5.74) is 0.620. The van der Waals surface area contributed by atoms with E-state index in [1.807, 2.05) is 6.92 Å². The summed E-state index contributed by atoms with van der Waals surface area (Å²) in [5, 5.41) is 10.8. The van der Waals surface area contributed by atoms with Crippen molar-refractivity contribution in [1.82, 2.24) is 20.3 Å². The summed E-state index contributed by atoms with van der Waals surface area (Å²) in [6, 6.07) is 0. The standard InChI is InChI=1S/C10H18N4O/c1-3-7-14-9(8-12-13-14)10(15)5-6-11-4-2/h8,11H,3-7H2,1-2H3. The van der Waals surface area contributed by atoms with Crippen LogP contribution in [0, 0.1) is 0 Å². The summed E-state index contributed by atoms with van der Waals surface area (Å²) < 4.78 is 1.67. The molecule has 0 saturated heterocycles. The molecule has 0 amide bonds. The lowest BCUT2D eigenvalue weighted by Gasteiger charge is -2.03. The van der Waals surface area contributed by atoms with Crippen molar-refractivity contribution in [3.63, 3.8) is 0 Å². The van der Waals surface area contributed by atoms with E-state index < -0.39 is 0 Å². The highest BCUT2D eigenvalue weighted by Crippen LogP contribution is 2.01. The number of hydrogen-bond donors (Lipinski definition) is 1. The highest BCUT2D eigenvalue weighted by Gasteiger charge is 2.11.